The van der Waals surface area contributed by atoms with E-state index >= 15 is 0 Å². The molecule has 0 radical (unpaired) electrons. The lowest BCUT2D eigenvalue weighted by atomic mass is 9.71. The molecule has 1 aliphatic rings. The Bertz CT molecular complexity index is 529. The molecule has 0 aromatic rings. The largest absolute Gasteiger partial charge is 0.390 e. The molecule has 0 aromatic carbocycles. The van der Waals surface area contributed by atoms with Crippen LogP contribution >= 0.6 is 0 Å². The minimum atomic E-state index is -0.793. The van der Waals surface area contributed by atoms with E-state index in [1.165, 1.54) is 24.8 Å². The van der Waals surface area contributed by atoms with Crippen LogP contribution in [-0.2, 0) is 14.4 Å². The molecule has 4 nitrogen and oxygen atoms in total. The van der Waals surface area contributed by atoms with Crippen molar-refractivity contribution in [2.45, 2.75) is 122 Å². The molecule has 1 atom stereocenters. The molecule has 0 saturated heterocycles. The van der Waals surface area contributed by atoms with Gasteiger partial charge in [0.05, 0.1) is 11.0 Å². The normalized spacial score (nSPS) is 19.6. The molecule has 0 aliphatic heterocycles. The van der Waals surface area contributed by atoms with Crippen LogP contribution in [0.3, 0.4) is 0 Å². The van der Waals surface area contributed by atoms with Crippen LogP contribution < -0.4 is 0 Å². The van der Waals surface area contributed by atoms with E-state index < -0.39 is 11.0 Å². The first-order valence-electron chi connectivity index (χ1n) is 11.7. The summed E-state index contributed by atoms with van der Waals surface area (Å²) < 4.78 is 0. The van der Waals surface area contributed by atoms with E-state index in [1.807, 2.05) is 13.8 Å². The Balaban J connectivity index is 2.23. The van der Waals surface area contributed by atoms with Gasteiger partial charge < -0.3 is 14.7 Å². The first-order valence-corrected chi connectivity index (χ1v) is 11.7. The number of carbonyl (C=O) groups is 3. The Hall–Kier alpha value is -1.29. The number of ketones is 1. The van der Waals surface area contributed by atoms with Gasteiger partial charge in [0.1, 0.15) is 18.4 Å². The summed E-state index contributed by atoms with van der Waals surface area (Å²) in [5.74, 6) is 0.119. The number of hydrogen-bond acceptors (Lipinski definition) is 4. The van der Waals surface area contributed by atoms with Gasteiger partial charge in [0, 0.05) is 12.8 Å². The molecule has 0 amide bonds. The van der Waals surface area contributed by atoms with Gasteiger partial charge in [-0.15, -0.1) is 0 Å². The van der Waals surface area contributed by atoms with Crippen molar-refractivity contribution < 1.29 is 19.5 Å². The number of carbonyl (C=O) groups excluding carboxylic acids is 3. The lowest BCUT2D eigenvalue weighted by Crippen LogP contribution is -2.34. The summed E-state index contributed by atoms with van der Waals surface area (Å²) in [6.07, 6.45) is 18.6. The molecule has 1 unspecified atom stereocenters. The van der Waals surface area contributed by atoms with Crippen molar-refractivity contribution in [2.75, 3.05) is 0 Å². The van der Waals surface area contributed by atoms with Crippen molar-refractivity contribution >= 4 is 18.4 Å². The first kappa shape index (κ1) is 25.7. The molecule has 1 N–H and O–H groups in total. The van der Waals surface area contributed by atoms with Crippen LogP contribution in [0.25, 0.3) is 0 Å². The second-order valence-corrected chi connectivity index (χ2v) is 9.46. The molecule has 4 heteroatoms. The van der Waals surface area contributed by atoms with Crippen molar-refractivity contribution in [3.63, 3.8) is 0 Å². The second-order valence-electron chi connectivity index (χ2n) is 9.46. The zero-order valence-electron chi connectivity index (χ0n) is 18.7. The van der Waals surface area contributed by atoms with Gasteiger partial charge in [0.15, 0.2) is 0 Å². The predicted molar refractivity (Wildman–Crippen MR) is 118 cm³/mol. The third-order valence-electron chi connectivity index (χ3n) is 6.19. The van der Waals surface area contributed by atoms with Crippen molar-refractivity contribution in [1.29, 1.82) is 0 Å². The zero-order chi connectivity index (χ0) is 21.6. The number of aldehydes is 2. The van der Waals surface area contributed by atoms with E-state index in [-0.39, 0.29) is 5.78 Å². The Morgan fingerprint density at radius 2 is 1.66 bits per heavy atom. The number of unbranched alkanes of at least 4 members (excludes halogenated alkanes) is 8. The Morgan fingerprint density at radius 3 is 2.17 bits per heavy atom. The van der Waals surface area contributed by atoms with Crippen molar-refractivity contribution in [1.82, 2.24) is 0 Å². The molecule has 1 rings (SSSR count). The van der Waals surface area contributed by atoms with Crippen LogP contribution in [0.5, 0.6) is 0 Å². The summed E-state index contributed by atoms with van der Waals surface area (Å²) in [6, 6.07) is 0. The molecule has 0 aromatic heterocycles. The molecule has 0 heterocycles. The van der Waals surface area contributed by atoms with Gasteiger partial charge >= 0.3 is 0 Å². The molecule has 0 bridgehead atoms. The fourth-order valence-corrected chi connectivity index (χ4v) is 4.14. The number of allylic oxidation sites excluding steroid dienone is 2. The van der Waals surface area contributed by atoms with Crippen LogP contribution in [0.4, 0.5) is 0 Å². The summed E-state index contributed by atoms with van der Waals surface area (Å²) in [6.45, 7) is 3.66. The molecule has 1 aliphatic carbocycles. The Labute approximate surface area is 177 Å². The van der Waals surface area contributed by atoms with Gasteiger partial charge in [-0.05, 0) is 65.2 Å². The molecule has 0 spiro atoms. The highest BCUT2D eigenvalue weighted by molar-refractivity contribution is 5.98. The van der Waals surface area contributed by atoms with E-state index in [9.17, 15) is 19.5 Å². The summed E-state index contributed by atoms with van der Waals surface area (Å²) in [5, 5.41) is 9.81. The number of rotatable bonds is 17. The topological polar surface area (TPSA) is 71.4 Å². The van der Waals surface area contributed by atoms with Crippen LogP contribution in [0, 0.1) is 5.41 Å². The molecule has 0 saturated carbocycles. The minimum absolute atomic E-state index is 0.119. The molecule has 0 fully saturated rings. The van der Waals surface area contributed by atoms with Gasteiger partial charge in [-0.1, -0.05) is 50.2 Å². The second kappa shape index (κ2) is 13.8. The first-order chi connectivity index (χ1) is 13.8. The average molecular weight is 407 g/mol. The van der Waals surface area contributed by atoms with Crippen LogP contribution in [0.2, 0.25) is 0 Å². The Kier molecular flexibility index (Phi) is 12.3. The van der Waals surface area contributed by atoms with E-state index in [4.69, 9.17) is 0 Å². The monoisotopic (exact) mass is 406 g/mol. The standard InChI is InChI=1S/C25H42O4/c1-24(2,29)17-12-13-22-15-18-25(21-27,19-16-22)23(28)14-10-8-6-4-3-5-7-9-11-20-26/h15,20-21,29H,3-14,16-19H2,1-2H3. The Morgan fingerprint density at radius 1 is 1.03 bits per heavy atom. The van der Waals surface area contributed by atoms with Gasteiger partial charge in [0.2, 0.25) is 0 Å². The zero-order valence-corrected chi connectivity index (χ0v) is 18.7. The summed E-state index contributed by atoms with van der Waals surface area (Å²) in [5.41, 5.74) is -0.0976. The van der Waals surface area contributed by atoms with Crippen LogP contribution in [-0.4, -0.2) is 29.1 Å². The average Bonchev–Trinajstić information content (AvgIpc) is 2.69. The van der Waals surface area contributed by atoms with E-state index in [0.29, 0.717) is 25.7 Å². The van der Waals surface area contributed by atoms with Crippen molar-refractivity contribution in [3.8, 4) is 0 Å². The lowest BCUT2D eigenvalue weighted by molar-refractivity contribution is -0.135. The van der Waals surface area contributed by atoms with Gasteiger partial charge in [0.25, 0.3) is 0 Å². The lowest BCUT2D eigenvalue weighted by Gasteiger charge is -2.30. The van der Waals surface area contributed by atoms with E-state index in [2.05, 4.69) is 6.08 Å². The third kappa shape index (κ3) is 10.9. The highest BCUT2D eigenvalue weighted by atomic mass is 16.3. The highest BCUT2D eigenvalue weighted by Gasteiger charge is 2.38. The molecule has 29 heavy (non-hydrogen) atoms. The highest BCUT2D eigenvalue weighted by Crippen LogP contribution is 2.37. The minimum Gasteiger partial charge on any atom is -0.390 e. The van der Waals surface area contributed by atoms with E-state index in [1.54, 1.807) is 0 Å². The van der Waals surface area contributed by atoms with E-state index in [0.717, 1.165) is 70.4 Å². The third-order valence-corrected chi connectivity index (χ3v) is 6.19. The summed E-state index contributed by atoms with van der Waals surface area (Å²) in [4.78, 5) is 34.7. The van der Waals surface area contributed by atoms with Crippen molar-refractivity contribution in [3.05, 3.63) is 11.6 Å². The fourth-order valence-electron chi connectivity index (χ4n) is 4.14. The number of Topliss-reactive ketones (excluding diaryl/α,β-unsaturated/α-hetero) is 1. The van der Waals surface area contributed by atoms with Crippen molar-refractivity contribution in [2.24, 2.45) is 5.41 Å². The molecular weight excluding hydrogens is 364 g/mol. The maximum atomic E-state index is 12.7. The van der Waals surface area contributed by atoms with Gasteiger partial charge in [-0.3, -0.25) is 4.79 Å². The molecular formula is C25H42O4. The number of hydrogen-bond donors (Lipinski definition) is 1. The van der Waals surface area contributed by atoms with Crippen LogP contribution in [0.1, 0.15) is 117 Å². The van der Waals surface area contributed by atoms with Crippen LogP contribution in [0.15, 0.2) is 11.6 Å². The number of aliphatic hydroxyl groups is 1. The quantitative estimate of drug-likeness (QED) is 0.141. The molecule has 166 valence electrons. The fraction of sp³-hybridized carbons (Fsp3) is 0.800. The predicted octanol–water partition coefficient (Wildman–Crippen LogP) is 5.89. The smallest absolute Gasteiger partial charge is 0.146 e. The van der Waals surface area contributed by atoms with Gasteiger partial charge in [-0.25, -0.2) is 0 Å². The summed E-state index contributed by atoms with van der Waals surface area (Å²) in [7, 11) is 0. The maximum Gasteiger partial charge on any atom is 0.146 e. The van der Waals surface area contributed by atoms with Gasteiger partial charge in [-0.2, -0.15) is 0 Å². The summed E-state index contributed by atoms with van der Waals surface area (Å²) >= 11 is 0. The SMILES string of the molecule is CC(C)(O)CCCC1=CCC(C=O)(C(=O)CCCCCCCCCCC=O)CC1. The maximum absolute atomic E-state index is 12.7.